The van der Waals surface area contributed by atoms with E-state index in [1.807, 2.05) is 0 Å². The molecule has 1 aromatic carbocycles. The van der Waals surface area contributed by atoms with Crippen LogP contribution in [0.1, 0.15) is 0 Å². The van der Waals surface area contributed by atoms with E-state index in [1.165, 1.54) is 0 Å². The van der Waals surface area contributed by atoms with Gasteiger partial charge in [-0.25, -0.2) is 4.99 Å². The smallest absolute Gasteiger partial charge is 0.120 e. The first-order chi connectivity index (χ1) is 6.74. The van der Waals surface area contributed by atoms with E-state index in [-0.39, 0.29) is 0 Å². The molecule has 0 unspecified atom stereocenters. The van der Waals surface area contributed by atoms with Gasteiger partial charge in [0.15, 0.2) is 0 Å². The molecule has 0 saturated heterocycles. The van der Waals surface area contributed by atoms with Gasteiger partial charge in [-0.05, 0) is 24.4 Å². The van der Waals surface area contributed by atoms with Crippen molar-refractivity contribution in [3.8, 4) is 5.75 Å². The molecular formula is C9H7Cl2NOS. The van der Waals surface area contributed by atoms with Crippen LogP contribution in [0.2, 0.25) is 10.0 Å². The van der Waals surface area contributed by atoms with Gasteiger partial charge in [0.05, 0.1) is 21.8 Å². The normalized spacial score (nSPS) is 9.29. The summed E-state index contributed by atoms with van der Waals surface area (Å²) in [4.78, 5) is 3.71. The highest BCUT2D eigenvalue weighted by atomic mass is 35.5. The quantitative estimate of drug-likeness (QED) is 0.462. The first-order valence-electron chi connectivity index (χ1n) is 3.85. The number of nitrogens with zero attached hydrogens (tertiary/aromatic N) is 1. The molecule has 1 aromatic rings. The summed E-state index contributed by atoms with van der Waals surface area (Å²) in [5, 5.41) is 3.24. The lowest BCUT2D eigenvalue weighted by molar-refractivity contribution is 0.329. The molecule has 74 valence electrons. The molecule has 5 heteroatoms. The second-order valence-electron chi connectivity index (χ2n) is 2.40. The second-order valence-corrected chi connectivity index (χ2v) is 3.39. The molecule has 0 aromatic heterocycles. The van der Waals surface area contributed by atoms with Crippen LogP contribution >= 0.6 is 35.4 Å². The lowest BCUT2D eigenvalue weighted by atomic mass is 10.3. The van der Waals surface area contributed by atoms with E-state index in [2.05, 4.69) is 22.4 Å². The molecule has 0 aliphatic rings. The Morgan fingerprint density at radius 2 is 2.14 bits per heavy atom. The summed E-state index contributed by atoms with van der Waals surface area (Å²) in [6, 6.07) is 5.09. The van der Waals surface area contributed by atoms with Crippen LogP contribution in [0.3, 0.4) is 0 Å². The average molecular weight is 248 g/mol. The Kier molecular flexibility index (Phi) is 4.91. The number of aliphatic imine (C=N–C) groups is 1. The van der Waals surface area contributed by atoms with Crippen molar-refractivity contribution in [2.75, 3.05) is 13.2 Å². The molecule has 0 atom stereocenters. The van der Waals surface area contributed by atoms with E-state index >= 15 is 0 Å². The summed E-state index contributed by atoms with van der Waals surface area (Å²) < 4.78 is 5.32. The third-order valence-electron chi connectivity index (χ3n) is 1.43. The summed E-state index contributed by atoms with van der Waals surface area (Å²) in [7, 11) is 0. The van der Waals surface area contributed by atoms with Gasteiger partial charge in [-0.15, -0.1) is 0 Å². The molecule has 0 heterocycles. The van der Waals surface area contributed by atoms with Gasteiger partial charge in [0.2, 0.25) is 0 Å². The average Bonchev–Trinajstić information content (AvgIpc) is 2.18. The number of halogens is 2. The van der Waals surface area contributed by atoms with E-state index in [0.717, 1.165) is 0 Å². The van der Waals surface area contributed by atoms with Crippen molar-refractivity contribution in [1.82, 2.24) is 0 Å². The molecule has 0 radical (unpaired) electrons. The van der Waals surface area contributed by atoms with Crippen LogP contribution in [0.15, 0.2) is 23.2 Å². The lowest BCUT2D eigenvalue weighted by Gasteiger charge is -2.04. The van der Waals surface area contributed by atoms with Crippen molar-refractivity contribution in [3.63, 3.8) is 0 Å². The Balaban J connectivity index is 2.51. The highest BCUT2D eigenvalue weighted by Crippen LogP contribution is 2.26. The van der Waals surface area contributed by atoms with Crippen molar-refractivity contribution in [2.24, 2.45) is 4.99 Å². The summed E-state index contributed by atoms with van der Waals surface area (Å²) in [5.74, 6) is 0.666. The zero-order chi connectivity index (χ0) is 10.4. The maximum absolute atomic E-state index is 5.79. The molecule has 0 bridgehead atoms. The fourth-order valence-electron chi connectivity index (χ4n) is 0.821. The number of ether oxygens (including phenoxy) is 1. The van der Waals surface area contributed by atoms with Gasteiger partial charge < -0.3 is 4.74 Å². The van der Waals surface area contributed by atoms with Crippen LogP contribution in [0.5, 0.6) is 5.75 Å². The maximum atomic E-state index is 5.79. The van der Waals surface area contributed by atoms with Crippen LogP contribution in [0, 0.1) is 0 Å². The predicted molar refractivity (Wildman–Crippen MR) is 61.9 cm³/mol. The van der Waals surface area contributed by atoms with Gasteiger partial charge in [-0.1, -0.05) is 23.2 Å². The largest absolute Gasteiger partial charge is 0.492 e. The van der Waals surface area contributed by atoms with Gasteiger partial charge in [0.1, 0.15) is 12.4 Å². The summed E-state index contributed by atoms with van der Waals surface area (Å²) >= 11 is 15.9. The highest BCUT2D eigenvalue weighted by molar-refractivity contribution is 7.78. The lowest BCUT2D eigenvalue weighted by Crippen LogP contribution is -2.00. The Hall–Kier alpha value is -0.600. The molecule has 0 amide bonds. The molecule has 0 fully saturated rings. The molecule has 14 heavy (non-hydrogen) atoms. The SMILES string of the molecule is S=C=NCCOc1ccc(Cl)c(Cl)c1. The fourth-order valence-corrected chi connectivity index (χ4v) is 1.20. The third-order valence-corrected chi connectivity index (χ3v) is 2.30. The maximum Gasteiger partial charge on any atom is 0.120 e. The monoisotopic (exact) mass is 247 g/mol. The molecular weight excluding hydrogens is 241 g/mol. The van der Waals surface area contributed by atoms with Gasteiger partial charge in [-0.3, -0.25) is 0 Å². The molecule has 0 spiro atoms. The molecule has 2 nitrogen and oxygen atoms in total. The van der Waals surface area contributed by atoms with E-state index in [1.54, 1.807) is 18.2 Å². The molecule has 0 saturated carbocycles. The minimum absolute atomic E-state index is 0.446. The van der Waals surface area contributed by atoms with Gasteiger partial charge in [0, 0.05) is 6.07 Å². The minimum Gasteiger partial charge on any atom is -0.492 e. The predicted octanol–water partition coefficient (Wildman–Crippen LogP) is 3.48. The van der Waals surface area contributed by atoms with Crippen LogP contribution in [-0.2, 0) is 0 Å². The molecule has 0 aliphatic carbocycles. The Morgan fingerprint density at radius 1 is 1.36 bits per heavy atom. The topological polar surface area (TPSA) is 21.6 Å². The van der Waals surface area contributed by atoms with E-state index in [4.69, 9.17) is 27.9 Å². The number of rotatable bonds is 4. The van der Waals surface area contributed by atoms with Crippen LogP contribution in [0.25, 0.3) is 0 Å². The number of isothiocyanates is 1. The van der Waals surface area contributed by atoms with Crippen molar-refractivity contribution in [3.05, 3.63) is 28.2 Å². The number of hydrogen-bond acceptors (Lipinski definition) is 3. The Labute approximate surface area is 97.5 Å². The van der Waals surface area contributed by atoms with Crippen molar-refractivity contribution in [2.45, 2.75) is 0 Å². The number of benzene rings is 1. The third kappa shape index (κ3) is 3.64. The summed E-state index contributed by atoms with van der Waals surface area (Å²) in [5.41, 5.74) is 0. The molecule has 0 aliphatic heterocycles. The molecule has 1 rings (SSSR count). The van der Waals surface area contributed by atoms with Gasteiger partial charge in [0.25, 0.3) is 0 Å². The Bertz CT molecular complexity index is 364. The number of hydrogen-bond donors (Lipinski definition) is 0. The minimum atomic E-state index is 0.446. The van der Waals surface area contributed by atoms with Crippen LogP contribution < -0.4 is 4.74 Å². The van der Waals surface area contributed by atoms with Gasteiger partial charge >= 0.3 is 0 Å². The Morgan fingerprint density at radius 3 is 2.79 bits per heavy atom. The summed E-state index contributed by atoms with van der Waals surface area (Å²) in [6.07, 6.45) is 0. The van der Waals surface area contributed by atoms with E-state index in [9.17, 15) is 0 Å². The zero-order valence-electron chi connectivity index (χ0n) is 7.17. The van der Waals surface area contributed by atoms with Crippen LogP contribution in [0.4, 0.5) is 0 Å². The zero-order valence-corrected chi connectivity index (χ0v) is 9.49. The number of thiocarbonyl (C=S) groups is 1. The summed E-state index contributed by atoms with van der Waals surface area (Å²) in [6.45, 7) is 0.936. The first kappa shape index (κ1) is 11.5. The van der Waals surface area contributed by atoms with E-state index < -0.39 is 0 Å². The van der Waals surface area contributed by atoms with Gasteiger partial charge in [-0.2, -0.15) is 0 Å². The fraction of sp³-hybridized carbons (Fsp3) is 0.222. The first-order valence-corrected chi connectivity index (χ1v) is 5.02. The second kappa shape index (κ2) is 5.99. The van der Waals surface area contributed by atoms with Crippen molar-refractivity contribution in [1.29, 1.82) is 0 Å². The standard InChI is InChI=1S/C9H7Cl2NOS/c10-8-2-1-7(5-9(8)11)13-4-3-12-6-14/h1-2,5H,3-4H2. The molecule has 0 N–H and O–H groups in total. The van der Waals surface area contributed by atoms with Crippen LogP contribution in [-0.4, -0.2) is 18.3 Å². The van der Waals surface area contributed by atoms with E-state index in [0.29, 0.717) is 28.9 Å². The highest BCUT2D eigenvalue weighted by Gasteiger charge is 1.99. The van der Waals surface area contributed by atoms with Crippen molar-refractivity contribution >= 4 is 40.6 Å². The van der Waals surface area contributed by atoms with Crippen molar-refractivity contribution < 1.29 is 4.74 Å².